The van der Waals surface area contributed by atoms with Gasteiger partial charge in [0.1, 0.15) is 12.6 Å². The number of anilines is 1. The zero-order valence-corrected chi connectivity index (χ0v) is 20.0. The molecule has 0 saturated carbocycles. The molecular formula is C28H31N3O3. The summed E-state index contributed by atoms with van der Waals surface area (Å²) in [6.45, 7) is 6.05. The van der Waals surface area contributed by atoms with Crippen molar-refractivity contribution in [3.63, 3.8) is 0 Å². The van der Waals surface area contributed by atoms with Crippen molar-refractivity contribution in [2.75, 3.05) is 11.4 Å². The van der Waals surface area contributed by atoms with Gasteiger partial charge in [-0.15, -0.1) is 0 Å². The Labute approximate surface area is 200 Å². The Kier molecular flexibility index (Phi) is 6.96. The quantitative estimate of drug-likeness (QED) is 0.514. The summed E-state index contributed by atoms with van der Waals surface area (Å²) in [5.41, 5.74) is 2.28. The first-order chi connectivity index (χ1) is 16.4. The van der Waals surface area contributed by atoms with Crippen molar-refractivity contribution in [1.82, 2.24) is 10.2 Å². The van der Waals surface area contributed by atoms with Crippen LogP contribution >= 0.6 is 0 Å². The van der Waals surface area contributed by atoms with E-state index in [0.717, 1.165) is 28.4 Å². The summed E-state index contributed by atoms with van der Waals surface area (Å²) in [4.78, 5) is 43.2. The molecule has 0 spiro atoms. The van der Waals surface area contributed by atoms with Gasteiger partial charge in [-0.2, -0.15) is 0 Å². The largest absolute Gasteiger partial charge is 0.352 e. The summed E-state index contributed by atoms with van der Waals surface area (Å²) in [7, 11) is 0. The fraction of sp³-hybridized carbons (Fsp3) is 0.321. The predicted octanol–water partition coefficient (Wildman–Crippen LogP) is 4.52. The molecule has 1 aliphatic heterocycles. The van der Waals surface area contributed by atoms with E-state index in [1.165, 1.54) is 4.90 Å². The Morgan fingerprint density at radius 2 is 1.65 bits per heavy atom. The van der Waals surface area contributed by atoms with Crippen LogP contribution in [-0.2, 0) is 16.1 Å². The lowest BCUT2D eigenvalue weighted by Crippen LogP contribution is -2.53. The number of carbonyl (C=O) groups is 3. The molecule has 0 aromatic heterocycles. The molecule has 3 amide bonds. The zero-order chi connectivity index (χ0) is 24.2. The van der Waals surface area contributed by atoms with Crippen molar-refractivity contribution in [2.24, 2.45) is 0 Å². The first-order valence-electron chi connectivity index (χ1n) is 11.9. The molecule has 6 heteroatoms. The van der Waals surface area contributed by atoms with Crippen LogP contribution in [0.3, 0.4) is 0 Å². The van der Waals surface area contributed by atoms with Gasteiger partial charge >= 0.3 is 0 Å². The zero-order valence-electron chi connectivity index (χ0n) is 20.0. The summed E-state index contributed by atoms with van der Waals surface area (Å²) < 4.78 is 0. The van der Waals surface area contributed by atoms with Gasteiger partial charge in [0.05, 0.1) is 5.69 Å². The SMILES string of the molecule is CC[C@@H](C)NC(=O)[C@@H](CC)N(Cc1ccccc1)C(=O)CN1C(=O)c2cccc3cccc1c23. The normalized spacial score (nSPS) is 14.2. The molecule has 1 heterocycles. The van der Waals surface area contributed by atoms with E-state index in [9.17, 15) is 14.4 Å². The van der Waals surface area contributed by atoms with Gasteiger partial charge in [-0.25, -0.2) is 0 Å². The molecule has 3 aromatic carbocycles. The summed E-state index contributed by atoms with van der Waals surface area (Å²) in [6, 6.07) is 20.4. The number of amides is 3. The predicted molar refractivity (Wildman–Crippen MR) is 135 cm³/mol. The van der Waals surface area contributed by atoms with Crippen LogP contribution in [0.4, 0.5) is 5.69 Å². The molecule has 0 radical (unpaired) electrons. The van der Waals surface area contributed by atoms with Crippen LogP contribution in [0.25, 0.3) is 10.8 Å². The highest BCUT2D eigenvalue weighted by molar-refractivity contribution is 6.26. The third-order valence-electron chi connectivity index (χ3n) is 6.53. The van der Waals surface area contributed by atoms with Gasteiger partial charge < -0.3 is 10.2 Å². The van der Waals surface area contributed by atoms with Gasteiger partial charge in [-0.3, -0.25) is 19.3 Å². The van der Waals surface area contributed by atoms with E-state index < -0.39 is 6.04 Å². The van der Waals surface area contributed by atoms with Crippen LogP contribution in [0.15, 0.2) is 66.7 Å². The average molecular weight is 458 g/mol. The Bertz CT molecular complexity index is 1200. The highest BCUT2D eigenvalue weighted by Gasteiger charge is 2.35. The summed E-state index contributed by atoms with van der Waals surface area (Å²) >= 11 is 0. The van der Waals surface area contributed by atoms with Crippen LogP contribution in [0, 0.1) is 0 Å². The van der Waals surface area contributed by atoms with Crippen molar-refractivity contribution in [3.8, 4) is 0 Å². The smallest absolute Gasteiger partial charge is 0.259 e. The molecule has 2 atom stereocenters. The van der Waals surface area contributed by atoms with Gasteiger partial charge in [0.15, 0.2) is 0 Å². The standard InChI is InChI=1S/C28H31N3O3/c1-4-19(3)29-27(33)23(5-2)30(17-20-11-7-6-8-12-20)25(32)18-31-24-16-10-14-21-13-9-15-22(26(21)24)28(31)34/h6-16,19,23H,4-5,17-18H2,1-3H3,(H,29,33)/t19-,23-/m1/s1. The minimum Gasteiger partial charge on any atom is -0.352 e. The van der Waals surface area contributed by atoms with E-state index in [1.807, 2.05) is 81.4 Å². The molecule has 0 saturated heterocycles. The highest BCUT2D eigenvalue weighted by atomic mass is 16.2. The fourth-order valence-electron chi connectivity index (χ4n) is 4.50. The molecule has 176 valence electrons. The number of nitrogens with one attached hydrogen (secondary N) is 1. The molecule has 0 aliphatic carbocycles. The average Bonchev–Trinajstić information content (AvgIpc) is 3.12. The maximum atomic E-state index is 13.7. The highest BCUT2D eigenvalue weighted by Crippen LogP contribution is 2.37. The number of hydrogen-bond acceptors (Lipinski definition) is 3. The van der Waals surface area contributed by atoms with E-state index in [-0.39, 0.29) is 30.3 Å². The topological polar surface area (TPSA) is 69.7 Å². The van der Waals surface area contributed by atoms with E-state index in [1.54, 1.807) is 11.0 Å². The first kappa shape index (κ1) is 23.5. The second kappa shape index (κ2) is 10.1. The molecule has 0 fully saturated rings. The van der Waals surface area contributed by atoms with Crippen LogP contribution in [0.1, 0.15) is 49.5 Å². The van der Waals surface area contributed by atoms with Crippen molar-refractivity contribution >= 4 is 34.2 Å². The fourth-order valence-corrected chi connectivity index (χ4v) is 4.50. The molecule has 3 aromatic rings. The van der Waals surface area contributed by atoms with E-state index in [0.29, 0.717) is 18.5 Å². The summed E-state index contributed by atoms with van der Waals surface area (Å²) in [5.74, 6) is -0.607. The maximum absolute atomic E-state index is 13.7. The van der Waals surface area contributed by atoms with E-state index >= 15 is 0 Å². The summed E-state index contributed by atoms with van der Waals surface area (Å²) in [5, 5.41) is 4.87. The monoisotopic (exact) mass is 457 g/mol. The van der Waals surface area contributed by atoms with Gasteiger partial charge in [-0.05, 0) is 42.8 Å². The molecule has 0 unspecified atom stereocenters. The van der Waals surface area contributed by atoms with Gasteiger partial charge in [0, 0.05) is 23.5 Å². The molecule has 4 rings (SSSR count). The van der Waals surface area contributed by atoms with Crippen molar-refractivity contribution < 1.29 is 14.4 Å². The van der Waals surface area contributed by atoms with Crippen molar-refractivity contribution in [3.05, 3.63) is 77.9 Å². The van der Waals surface area contributed by atoms with E-state index in [4.69, 9.17) is 0 Å². The number of rotatable bonds is 9. The van der Waals surface area contributed by atoms with Gasteiger partial charge in [-0.1, -0.05) is 68.4 Å². The summed E-state index contributed by atoms with van der Waals surface area (Å²) in [6.07, 6.45) is 1.28. The second-order valence-electron chi connectivity index (χ2n) is 8.82. The number of hydrogen-bond donors (Lipinski definition) is 1. The van der Waals surface area contributed by atoms with Crippen LogP contribution < -0.4 is 10.2 Å². The number of nitrogens with zero attached hydrogens (tertiary/aromatic N) is 2. The number of carbonyl (C=O) groups excluding carboxylic acids is 3. The Hall–Kier alpha value is -3.67. The van der Waals surface area contributed by atoms with Gasteiger partial charge in [0.2, 0.25) is 11.8 Å². The Morgan fingerprint density at radius 1 is 0.941 bits per heavy atom. The maximum Gasteiger partial charge on any atom is 0.259 e. The van der Waals surface area contributed by atoms with Crippen molar-refractivity contribution in [1.29, 1.82) is 0 Å². The second-order valence-corrected chi connectivity index (χ2v) is 8.82. The lowest BCUT2D eigenvalue weighted by molar-refractivity contribution is -0.140. The van der Waals surface area contributed by atoms with Crippen molar-refractivity contribution in [2.45, 2.75) is 52.2 Å². The minimum absolute atomic E-state index is 0.0162. The Morgan fingerprint density at radius 3 is 2.32 bits per heavy atom. The van der Waals surface area contributed by atoms with Crippen LogP contribution in [-0.4, -0.2) is 41.2 Å². The lowest BCUT2D eigenvalue weighted by atomic mass is 10.1. The molecule has 6 nitrogen and oxygen atoms in total. The Balaban J connectivity index is 1.64. The third kappa shape index (κ3) is 4.53. The first-order valence-corrected chi connectivity index (χ1v) is 11.9. The molecule has 1 N–H and O–H groups in total. The molecular weight excluding hydrogens is 426 g/mol. The molecule has 0 bridgehead atoms. The lowest BCUT2D eigenvalue weighted by Gasteiger charge is -2.32. The minimum atomic E-state index is -0.627. The van der Waals surface area contributed by atoms with Crippen LogP contribution in [0.2, 0.25) is 0 Å². The van der Waals surface area contributed by atoms with E-state index in [2.05, 4.69) is 5.32 Å². The third-order valence-corrected chi connectivity index (χ3v) is 6.53. The van der Waals surface area contributed by atoms with Crippen LogP contribution in [0.5, 0.6) is 0 Å². The number of benzene rings is 3. The molecule has 1 aliphatic rings. The molecule has 34 heavy (non-hydrogen) atoms. The van der Waals surface area contributed by atoms with Gasteiger partial charge in [0.25, 0.3) is 5.91 Å².